The van der Waals surface area contributed by atoms with E-state index >= 15 is 0 Å². The largest absolute Gasteiger partial charge is 0.469 e. The molecule has 1 aromatic heterocycles. The van der Waals surface area contributed by atoms with Gasteiger partial charge in [0.2, 0.25) is 0 Å². The molecule has 0 aliphatic carbocycles. The predicted molar refractivity (Wildman–Crippen MR) is 55.4 cm³/mol. The van der Waals surface area contributed by atoms with Gasteiger partial charge in [-0.2, -0.15) is 0 Å². The Hall–Kier alpha value is -1.25. The zero-order chi connectivity index (χ0) is 10.9. The fraction of sp³-hybridized carbons (Fsp3) is 0.545. The molecule has 3 heteroatoms. The molecule has 0 radical (unpaired) electrons. The van der Waals surface area contributed by atoms with Crippen molar-refractivity contribution in [2.45, 2.75) is 40.2 Å². The summed E-state index contributed by atoms with van der Waals surface area (Å²) < 4.78 is 5.17. The molecule has 0 aliphatic rings. The van der Waals surface area contributed by atoms with Crippen LogP contribution in [0.4, 0.5) is 0 Å². The zero-order valence-electron chi connectivity index (χ0n) is 9.39. The van der Waals surface area contributed by atoms with Gasteiger partial charge in [0.25, 0.3) is 5.91 Å². The molecule has 14 heavy (non-hydrogen) atoms. The fourth-order valence-electron chi connectivity index (χ4n) is 1.31. The second-order valence-electron chi connectivity index (χ2n) is 4.55. The van der Waals surface area contributed by atoms with Crippen LogP contribution in [0.3, 0.4) is 0 Å². The number of carbonyl (C=O) groups is 1. The van der Waals surface area contributed by atoms with Gasteiger partial charge in [0, 0.05) is 11.1 Å². The second kappa shape index (κ2) is 3.48. The van der Waals surface area contributed by atoms with Crippen LogP contribution < -0.4 is 5.32 Å². The summed E-state index contributed by atoms with van der Waals surface area (Å²) in [5, 5.41) is 2.90. The summed E-state index contributed by atoms with van der Waals surface area (Å²) in [5.74, 6) is 0.602. The third kappa shape index (κ3) is 2.37. The molecule has 0 aliphatic heterocycles. The Morgan fingerprint density at radius 2 is 1.93 bits per heavy atom. The lowest BCUT2D eigenvalue weighted by Crippen LogP contribution is -2.40. The third-order valence-electron chi connectivity index (χ3n) is 1.87. The van der Waals surface area contributed by atoms with E-state index in [0.29, 0.717) is 11.3 Å². The van der Waals surface area contributed by atoms with Crippen LogP contribution in [-0.4, -0.2) is 11.4 Å². The predicted octanol–water partition coefficient (Wildman–Crippen LogP) is 2.42. The van der Waals surface area contributed by atoms with Crippen molar-refractivity contribution in [3.8, 4) is 0 Å². The van der Waals surface area contributed by atoms with Gasteiger partial charge < -0.3 is 9.73 Å². The van der Waals surface area contributed by atoms with Gasteiger partial charge in [-0.1, -0.05) is 0 Å². The monoisotopic (exact) mass is 195 g/mol. The van der Waals surface area contributed by atoms with E-state index in [2.05, 4.69) is 5.32 Å². The Bertz CT molecular complexity index is 325. The first-order valence-corrected chi connectivity index (χ1v) is 4.68. The highest BCUT2D eigenvalue weighted by Gasteiger charge is 2.20. The summed E-state index contributed by atoms with van der Waals surface area (Å²) in [6.07, 6.45) is 1.60. The Balaban J connectivity index is 2.90. The van der Waals surface area contributed by atoms with Crippen LogP contribution in [0.15, 0.2) is 10.7 Å². The summed E-state index contributed by atoms with van der Waals surface area (Å²) in [6.45, 7) is 9.53. The van der Waals surface area contributed by atoms with Crippen molar-refractivity contribution in [1.29, 1.82) is 0 Å². The minimum absolute atomic E-state index is 0.0683. The molecule has 0 atom stereocenters. The van der Waals surface area contributed by atoms with E-state index in [-0.39, 0.29) is 11.4 Å². The van der Waals surface area contributed by atoms with Crippen LogP contribution >= 0.6 is 0 Å². The van der Waals surface area contributed by atoms with Crippen molar-refractivity contribution in [3.63, 3.8) is 0 Å². The van der Waals surface area contributed by atoms with Crippen molar-refractivity contribution >= 4 is 5.91 Å². The fourth-order valence-corrected chi connectivity index (χ4v) is 1.31. The van der Waals surface area contributed by atoms with E-state index in [9.17, 15) is 4.79 Å². The van der Waals surface area contributed by atoms with Crippen molar-refractivity contribution < 1.29 is 9.21 Å². The highest BCUT2D eigenvalue weighted by molar-refractivity contribution is 5.96. The molecule has 0 bridgehead atoms. The van der Waals surface area contributed by atoms with Gasteiger partial charge in [-0.15, -0.1) is 0 Å². The van der Waals surface area contributed by atoms with Gasteiger partial charge in [-0.3, -0.25) is 4.79 Å². The van der Waals surface area contributed by atoms with Gasteiger partial charge in [-0.05, 0) is 34.6 Å². The van der Waals surface area contributed by atoms with E-state index in [1.807, 2.05) is 27.7 Å². The molecule has 1 N–H and O–H groups in total. The molecule has 0 fully saturated rings. The van der Waals surface area contributed by atoms with E-state index in [0.717, 1.165) is 5.56 Å². The number of aryl methyl sites for hydroxylation is 2. The average Bonchev–Trinajstić information content (AvgIpc) is 2.27. The molecular weight excluding hydrogens is 178 g/mol. The maximum atomic E-state index is 11.8. The standard InChI is InChI=1S/C11H17NO2/c1-7-6-14-8(2)9(7)10(13)12-11(3,4)5/h6H,1-5H3,(H,12,13). The van der Waals surface area contributed by atoms with Crippen LogP contribution in [0, 0.1) is 13.8 Å². The Labute approximate surface area is 84.5 Å². The summed E-state index contributed by atoms with van der Waals surface area (Å²) in [4.78, 5) is 11.8. The highest BCUT2D eigenvalue weighted by atomic mass is 16.3. The molecule has 0 saturated carbocycles. The molecule has 1 heterocycles. The normalized spacial score (nSPS) is 11.5. The maximum Gasteiger partial charge on any atom is 0.255 e. The number of carbonyl (C=O) groups excluding carboxylic acids is 1. The van der Waals surface area contributed by atoms with E-state index in [4.69, 9.17) is 4.42 Å². The molecule has 1 amide bonds. The summed E-state index contributed by atoms with van der Waals surface area (Å²) in [7, 11) is 0. The Kier molecular flexibility index (Phi) is 2.69. The minimum atomic E-state index is -0.215. The lowest BCUT2D eigenvalue weighted by Gasteiger charge is -2.20. The first-order valence-electron chi connectivity index (χ1n) is 4.68. The lowest BCUT2D eigenvalue weighted by molar-refractivity contribution is 0.0917. The molecule has 0 saturated heterocycles. The average molecular weight is 195 g/mol. The smallest absolute Gasteiger partial charge is 0.255 e. The minimum Gasteiger partial charge on any atom is -0.469 e. The number of furan rings is 1. The molecule has 1 aromatic rings. The van der Waals surface area contributed by atoms with Crippen molar-refractivity contribution in [3.05, 3.63) is 23.2 Å². The molecule has 0 aromatic carbocycles. The second-order valence-corrected chi connectivity index (χ2v) is 4.55. The van der Waals surface area contributed by atoms with Crippen LogP contribution in [0.1, 0.15) is 42.5 Å². The van der Waals surface area contributed by atoms with Crippen LogP contribution in [0.5, 0.6) is 0 Å². The van der Waals surface area contributed by atoms with Crippen LogP contribution in [0.25, 0.3) is 0 Å². The van der Waals surface area contributed by atoms with Crippen molar-refractivity contribution in [2.75, 3.05) is 0 Å². The molecule has 3 nitrogen and oxygen atoms in total. The number of amides is 1. The molecule has 1 rings (SSSR count). The lowest BCUT2D eigenvalue weighted by atomic mass is 10.1. The molecule has 0 unspecified atom stereocenters. The maximum absolute atomic E-state index is 11.8. The van der Waals surface area contributed by atoms with E-state index in [1.54, 1.807) is 13.2 Å². The molecule has 78 valence electrons. The molecule has 0 spiro atoms. The number of hydrogen-bond acceptors (Lipinski definition) is 2. The quantitative estimate of drug-likeness (QED) is 0.747. The van der Waals surface area contributed by atoms with E-state index < -0.39 is 0 Å². The van der Waals surface area contributed by atoms with Gasteiger partial charge >= 0.3 is 0 Å². The van der Waals surface area contributed by atoms with Crippen LogP contribution in [-0.2, 0) is 0 Å². The van der Waals surface area contributed by atoms with E-state index in [1.165, 1.54) is 0 Å². The number of hydrogen-bond donors (Lipinski definition) is 1. The number of rotatable bonds is 1. The van der Waals surface area contributed by atoms with Gasteiger partial charge in [0.15, 0.2) is 0 Å². The third-order valence-corrected chi connectivity index (χ3v) is 1.87. The summed E-state index contributed by atoms with van der Waals surface area (Å²) in [5.41, 5.74) is 1.32. The number of nitrogens with one attached hydrogen (secondary N) is 1. The van der Waals surface area contributed by atoms with Crippen molar-refractivity contribution in [1.82, 2.24) is 5.32 Å². The van der Waals surface area contributed by atoms with Crippen LogP contribution in [0.2, 0.25) is 0 Å². The first-order chi connectivity index (χ1) is 6.31. The van der Waals surface area contributed by atoms with Crippen molar-refractivity contribution in [2.24, 2.45) is 0 Å². The van der Waals surface area contributed by atoms with Gasteiger partial charge in [0.1, 0.15) is 5.76 Å². The zero-order valence-corrected chi connectivity index (χ0v) is 9.39. The summed E-state index contributed by atoms with van der Waals surface area (Å²) >= 11 is 0. The molecular formula is C11H17NO2. The SMILES string of the molecule is Cc1coc(C)c1C(=O)NC(C)(C)C. The van der Waals surface area contributed by atoms with Gasteiger partial charge in [0.05, 0.1) is 11.8 Å². The highest BCUT2D eigenvalue weighted by Crippen LogP contribution is 2.16. The summed E-state index contributed by atoms with van der Waals surface area (Å²) in [6, 6.07) is 0. The first kappa shape index (κ1) is 10.8. The Morgan fingerprint density at radius 3 is 2.29 bits per heavy atom. The Morgan fingerprint density at radius 1 is 1.36 bits per heavy atom. The van der Waals surface area contributed by atoms with Gasteiger partial charge in [-0.25, -0.2) is 0 Å². The topological polar surface area (TPSA) is 42.2 Å².